The molecule has 4 heteroatoms. The van der Waals surface area contributed by atoms with Crippen molar-refractivity contribution in [3.8, 4) is 0 Å². The van der Waals surface area contributed by atoms with Crippen LogP contribution in [0.25, 0.3) is 0 Å². The van der Waals surface area contributed by atoms with Crippen molar-refractivity contribution in [1.29, 1.82) is 0 Å². The lowest BCUT2D eigenvalue weighted by molar-refractivity contribution is 0.255. The molecule has 1 aliphatic rings. The van der Waals surface area contributed by atoms with E-state index in [0.717, 1.165) is 3.79 Å². The molecule has 2 heterocycles. The lowest BCUT2D eigenvalue weighted by Crippen LogP contribution is -2.29. The van der Waals surface area contributed by atoms with Gasteiger partial charge in [0.1, 0.15) is 0 Å². The van der Waals surface area contributed by atoms with Gasteiger partial charge in [-0.15, -0.1) is 11.3 Å². The van der Waals surface area contributed by atoms with E-state index in [1.54, 1.807) is 11.3 Å². The summed E-state index contributed by atoms with van der Waals surface area (Å²) in [7, 11) is 2.19. The Morgan fingerprint density at radius 3 is 2.77 bits per heavy atom. The van der Waals surface area contributed by atoms with Crippen LogP contribution in [0.3, 0.4) is 0 Å². The van der Waals surface area contributed by atoms with Gasteiger partial charge >= 0.3 is 0 Å². The highest BCUT2D eigenvalue weighted by Crippen LogP contribution is 2.32. The summed E-state index contributed by atoms with van der Waals surface area (Å²) >= 11 is 5.24. The fourth-order valence-corrected chi connectivity index (χ4v) is 3.12. The Kier molecular flexibility index (Phi) is 3.01. The van der Waals surface area contributed by atoms with Crippen LogP contribution in [0.2, 0.25) is 0 Å². The Morgan fingerprint density at radius 2 is 2.23 bits per heavy atom. The highest BCUT2D eigenvalue weighted by atomic mass is 79.9. The molecule has 1 aromatic heterocycles. The number of piperidine rings is 1. The average molecular weight is 261 g/mol. The molecular weight excluding hydrogens is 248 g/mol. The number of aromatic nitrogens is 1. The standard InChI is InChI=1S/C9H13BrN2S/c1-12-4-2-7(3-5-12)9-11-6-8(10)13-9/h6-7H,2-5H2,1H3. The third-order valence-electron chi connectivity index (χ3n) is 2.56. The SMILES string of the molecule is CN1CCC(c2ncc(Br)s2)CC1. The third-order valence-corrected chi connectivity index (χ3v) is 4.20. The van der Waals surface area contributed by atoms with Gasteiger partial charge in [-0.2, -0.15) is 0 Å². The summed E-state index contributed by atoms with van der Waals surface area (Å²) in [6, 6.07) is 0. The van der Waals surface area contributed by atoms with Crippen LogP contribution in [0.5, 0.6) is 0 Å². The maximum Gasteiger partial charge on any atom is 0.0968 e. The molecule has 13 heavy (non-hydrogen) atoms. The zero-order valence-electron chi connectivity index (χ0n) is 7.66. The summed E-state index contributed by atoms with van der Waals surface area (Å²) in [6.07, 6.45) is 4.44. The molecular formula is C9H13BrN2S. The number of halogens is 1. The summed E-state index contributed by atoms with van der Waals surface area (Å²) in [5, 5.41) is 1.31. The van der Waals surface area contributed by atoms with Gasteiger partial charge in [0.15, 0.2) is 0 Å². The van der Waals surface area contributed by atoms with Gasteiger partial charge in [-0.25, -0.2) is 4.98 Å². The molecule has 0 atom stereocenters. The molecule has 1 aliphatic heterocycles. The summed E-state index contributed by atoms with van der Waals surface area (Å²) in [4.78, 5) is 6.81. The van der Waals surface area contributed by atoms with Crippen molar-refractivity contribution >= 4 is 27.3 Å². The molecule has 1 fully saturated rings. The van der Waals surface area contributed by atoms with Crippen molar-refractivity contribution in [2.45, 2.75) is 18.8 Å². The smallest absolute Gasteiger partial charge is 0.0968 e. The lowest BCUT2D eigenvalue weighted by Gasteiger charge is -2.27. The van der Waals surface area contributed by atoms with E-state index < -0.39 is 0 Å². The summed E-state index contributed by atoms with van der Waals surface area (Å²) < 4.78 is 1.15. The molecule has 0 aromatic carbocycles. The largest absolute Gasteiger partial charge is 0.306 e. The van der Waals surface area contributed by atoms with Crippen LogP contribution < -0.4 is 0 Å². The van der Waals surface area contributed by atoms with Crippen molar-refractivity contribution in [2.24, 2.45) is 0 Å². The topological polar surface area (TPSA) is 16.1 Å². The molecule has 1 aromatic rings. The van der Waals surface area contributed by atoms with E-state index >= 15 is 0 Å². The highest BCUT2D eigenvalue weighted by molar-refractivity contribution is 9.11. The van der Waals surface area contributed by atoms with Gasteiger partial charge in [0.2, 0.25) is 0 Å². The number of thiazole rings is 1. The molecule has 0 spiro atoms. The van der Waals surface area contributed by atoms with Gasteiger partial charge in [0.25, 0.3) is 0 Å². The number of hydrogen-bond donors (Lipinski definition) is 0. The molecule has 2 rings (SSSR count). The fourth-order valence-electron chi connectivity index (χ4n) is 1.71. The summed E-state index contributed by atoms with van der Waals surface area (Å²) in [5.74, 6) is 0.701. The Hall–Kier alpha value is 0.0700. The van der Waals surface area contributed by atoms with E-state index in [2.05, 4.69) is 32.9 Å². The van der Waals surface area contributed by atoms with Crippen molar-refractivity contribution in [3.05, 3.63) is 15.0 Å². The molecule has 0 bridgehead atoms. The van der Waals surface area contributed by atoms with Crippen LogP contribution in [-0.2, 0) is 0 Å². The van der Waals surface area contributed by atoms with Crippen LogP contribution in [0.15, 0.2) is 9.98 Å². The molecule has 0 N–H and O–H groups in total. The Bertz CT molecular complexity index is 279. The maximum absolute atomic E-state index is 4.42. The first-order valence-electron chi connectivity index (χ1n) is 4.55. The van der Waals surface area contributed by atoms with Crippen LogP contribution >= 0.6 is 27.3 Å². The third kappa shape index (κ3) is 2.30. The van der Waals surface area contributed by atoms with Gasteiger partial charge < -0.3 is 4.90 Å². The van der Waals surface area contributed by atoms with E-state index in [0.29, 0.717) is 5.92 Å². The molecule has 0 saturated carbocycles. The van der Waals surface area contributed by atoms with Crippen LogP contribution in [0.1, 0.15) is 23.8 Å². The average Bonchev–Trinajstić information content (AvgIpc) is 2.53. The van der Waals surface area contributed by atoms with E-state index in [-0.39, 0.29) is 0 Å². The quantitative estimate of drug-likeness (QED) is 0.772. The van der Waals surface area contributed by atoms with Gasteiger partial charge in [0, 0.05) is 5.92 Å². The monoisotopic (exact) mass is 260 g/mol. The minimum absolute atomic E-state index is 0.701. The fraction of sp³-hybridized carbons (Fsp3) is 0.667. The second-order valence-corrected chi connectivity index (χ2v) is 6.02. The minimum Gasteiger partial charge on any atom is -0.306 e. The van der Waals surface area contributed by atoms with Crippen LogP contribution in [-0.4, -0.2) is 30.0 Å². The minimum atomic E-state index is 0.701. The molecule has 1 saturated heterocycles. The molecule has 72 valence electrons. The zero-order valence-corrected chi connectivity index (χ0v) is 10.1. The van der Waals surface area contributed by atoms with Crippen molar-refractivity contribution in [3.63, 3.8) is 0 Å². The Balaban J connectivity index is 2.02. The van der Waals surface area contributed by atoms with Gasteiger partial charge in [-0.3, -0.25) is 0 Å². The normalized spacial score (nSPS) is 20.8. The van der Waals surface area contributed by atoms with E-state index in [4.69, 9.17) is 0 Å². The number of likely N-dealkylation sites (tertiary alicyclic amines) is 1. The number of rotatable bonds is 1. The molecule has 0 amide bonds. The molecule has 0 radical (unpaired) electrons. The predicted molar refractivity (Wildman–Crippen MR) is 59.3 cm³/mol. The van der Waals surface area contributed by atoms with E-state index in [1.165, 1.54) is 30.9 Å². The molecule has 0 aliphatic carbocycles. The summed E-state index contributed by atoms with van der Waals surface area (Å²) in [6.45, 7) is 2.42. The van der Waals surface area contributed by atoms with Gasteiger partial charge in [-0.1, -0.05) is 0 Å². The second-order valence-electron chi connectivity index (χ2n) is 3.58. The van der Waals surface area contributed by atoms with Crippen molar-refractivity contribution in [1.82, 2.24) is 9.88 Å². The number of hydrogen-bond acceptors (Lipinski definition) is 3. The first-order valence-corrected chi connectivity index (χ1v) is 6.16. The highest BCUT2D eigenvalue weighted by Gasteiger charge is 2.20. The van der Waals surface area contributed by atoms with E-state index in [1.807, 2.05) is 6.20 Å². The first kappa shape index (κ1) is 9.62. The van der Waals surface area contributed by atoms with Gasteiger partial charge in [-0.05, 0) is 48.9 Å². The van der Waals surface area contributed by atoms with Crippen molar-refractivity contribution < 1.29 is 0 Å². The second kappa shape index (κ2) is 4.07. The molecule has 0 unspecified atom stereocenters. The van der Waals surface area contributed by atoms with Gasteiger partial charge in [0.05, 0.1) is 15.0 Å². The van der Waals surface area contributed by atoms with Crippen LogP contribution in [0.4, 0.5) is 0 Å². The van der Waals surface area contributed by atoms with E-state index in [9.17, 15) is 0 Å². The lowest BCUT2D eigenvalue weighted by atomic mass is 9.98. The zero-order chi connectivity index (χ0) is 9.26. The molecule has 2 nitrogen and oxygen atoms in total. The van der Waals surface area contributed by atoms with Crippen molar-refractivity contribution in [2.75, 3.05) is 20.1 Å². The first-order chi connectivity index (χ1) is 6.25. The maximum atomic E-state index is 4.42. The Labute approximate surface area is 91.1 Å². The van der Waals surface area contributed by atoms with Crippen LogP contribution in [0, 0.1) is 0 Å². The Morgan fingerprint density at radius 1 is 1.54 bits per heavy atom. The number of nitrogens with zero attached hydrogens (tertiary/aromatic N) is 2. The predicted octanol–water partition coefficient (Wildman–Crippen LogP) is 2.71. The summed E-state index contributed by atoms with van der Waals surface area (Å²) in [5.41, 5.74) is 0.